The average molecular weight is 255 g/mol. The number of halogens is 3. The van der Waals surface area contributed by atoms with Gasteiger partial charge in [-0.1, -0.05) is 13.3 Å². The van der Waals surface area contributed by atoms with E-state index in [0.717, 1.165) is 0 Å². The van der Waals surface area contributed by atoms with Gasteiger partial charge in [0.2, 0.25) is 0 Å². The molecule has 16 heavy (non-hydrogen) atoms. The van der Waals surface area contributed by atoms with Crippen molar-refractivity contribution in [3.63, 3.8) is 0 Å². The van der Waals surface area contributed by atoms with Crippen LogP contribution in [0.3, 0.4) is 0 Å². The molecule has 1 atom stereocenters. The molecule has 1 amide bonds. The molecular formula is C6H9F3LiNO4S. The van der Waals surface area contributed by atoms with Crippen molar-refractivity contribution in [3.05, 3.63) is 0 Å². The predicted molar refractivity (Wildman–Crippen MR) is 43.1 cm³/mol. The molecule has 0 N–H and O–H groups in total. The van der Waals surface area contributed by atoms with Crippen LogP contribution in [0.25, 0.3) is 0 Å². The van der Waals surface area contributed by atoms with Crippen LogP contribution in [0, 0.1) is 0 Å². The normalized spacial score (nSPS) is 12.6. The number of ether oxygens (including phenoxy) is 1. The minimum absolute atomic E-state index is 0. The Balaban J connectivity index is 0. The Morgan fingerprint density at radius 2 is 2.00 bits per heavy atom. The number of unbranched alkanes of at least 4 members (excludes halogenated alkanes) is 1. The quantitative estimate of drug-likeness (QED) is 0.266. The van der Waals surface area contributed by atoms with Crippen LogP contribution in [-0.4, -0.2) is 32.1 Å². The molecule has 90 valence electrons. The summed E-state index contributed by atoms with van der Waals surface area (Å²) in [6.45, 7) is 1.49. The zero-order chi connectivity index (χ0) is 12.1. The van der Waals surface area contributed by atoms with Crippen molar-refractivity contribution < 1.29 is 50.3 Å². The van der Waals surface area contributed by atoms with Crippen molar-refractivity contribution in [1.29, 1.82) is 0 Å². The molecular weight excluding hydrogens is 246 g/mol. The predicted octanol–water partition coefficient (Wildman–Crippen LogP) is -1.46. The topological polar surface area (TPSA) is 69.7 Å². The first kappa shape index (κ1) is 18.1. The summed E-state index contributed by atoms with van der Waals surface area (Å²) in [5.41, 5.74) is 0. The first-order chi connectivity index (χ1) is 6.80. The van der Waals surface area contributed by atoms with E-state index in [-0.39, 0.29) is 25.5 Å². The van der Waals surface area contributed by atoms with Gasteiger partial charge in [-0.2, -0.15) is 0 Å². The van der Waals surface area contributed by atoms with Crippen LogP contribution in [-0.2, 0) is 16.0 Å². The van der Waals surface area contributed by atoms with Crippen LogP contribution in [0.5, 0.6) is 0 Å². The maximum atomic E-state index is 12.0. The van der Waals surface area contributed by atoms with Crippen molar-refractivity contribution in [2.75, 3.05) is 6.61 Å². The average Bonchev–Trinajstić information content (AvgIpc) is 2.00. The summed E-state index contributed by atoms with van der Waals surface area (Å²) in [6.07, 6.45) is -6.26. The third kappa shape index (κ3) is 6.37. The molecule has 0 radical (unpaired) electrons. The van der Waals surface area contributed by atoms with E-state index >= 15 is 0 Å². The maximum Gasteiger partial charge on any atom is 1.00 e. The van der Waals surface area contributed by atoms with Gasteiger partial charge in [-0.3, -0.25) is 4.21 Å². The van der Waals surface area contributed by atoms with E-state index in [1.165, 1.54) is 0 Å². The van der Waals surface area contributed by atoms with Gasteiger partial charge in [0.15, 0.2) is 0 Å². The van der Waals surface area contributed by atoms with Gasteiger partial charge in [-0.25, -0.2) is 4.79 Å². The van der Waals surface area contributed by atoms with Gasteiger partial charge in [-0.05, 0) is 6.42 Å². The first-order valence-corrected chi connectivity index (χ1v) is 4.97. The zero-order valence-corrected chi connectivity index (χ0v) is 9.56. The second-order valence-corrected chi connectivity index (χ2v) is 3.25. The molecule has 0 heterocycles. The van der Waals surface area contributed by atoms with Crippen LogP contribution in [0.15, 0.2) is 0 Å². The van der Waals surface area contributed by atoms with Crippen LogP contribution in [0.4, 0.5) is 18.0 Å². The van der Waals surface area contributed by atoms with Crippen LogP contribution >= 0.6 is 0 Å². The van der Waals surface area contributed by atoms with Gasteiger partial charge in [0.05, 0.1) is 17.9 Å². The zero-order valence-electron chi connectivity index (χ0n) is 8.74. The summed E-state index contributed by atoms with van der Waals surface area (Å²) in [5.74, 6) is 0. The van der Waals surface area contributed by atoms with E-state index in [0.29, 0.717) is 12.8 Å². The van der Waals surface area contributed by atoms with Gasteiger partial charge in [0.1, 0.15) is 0 Å². The number of hydrogen-bond acceptors (Lipinski definition) is 4. The second-order valence-electron chi connectivity index (χ2n) is 2.45. The molecule has 0 aliphatic carbocycles. The Kier molecular flexibility index (Phi) is 9.01. The van der Waals surface area contributed by atoms with E-state index in [4.69, 9.17) is 0 Å². The van der Waals surface area contributed by atoms with Crippen molar-refractivity contribution in [1.82, 2.24) is 4.31 Å². The fraction of sp³-hybridized carbons (Fsp3) is 0.833. The number of carbonyl (C=O) groups excluding carboxylic acids is 1. The van der Waals surface area contributed by atoms with E-state index < -0.39 is 28.0 Å². The third-order valence-corrected chi connectivity index (χ3v) is 1.92. The maximum absolute atomic E-state index is 12.0. The summed E-state index contributed by atoms with van der Waals surface area (Å²) in [4.78, 5) is 10.7. The first-order valence-electron chi connectivity index (χ1n) is 3.93. The van der Waals surface area contributed by atoms with Gasteiger partial charge in [-0.15, -0.1) is 17.5 Å². The summed E-state index contributed by atoms with van der Waals surface area (Å²) >= 11 is -3.72. The van der Waals surface area contributed by atoms with Crippen LogP contribution in [0.2, 0.25) is 0 Å². The monoisotopic (exact) mass is 255 g/mol. The van der Waals surface area contributed by atoms with Gasteiger partial charge in [0, 0.05) is 0 Å². The minimum Gasteiger partial charge on any atom is -0.755 e. The number of nitrogens with zero attached hydrogens (tertiary/aromatic N) is 1. The number of rotatable bonds is 4. The molecule has 0 bridgehead atoms. The fourth-order valence-electron chi connectivity index (χ4n) is 0.611. The van der Waals surface area contributed by atoms with Crippen molar-refractivity contribution in [2.45, 2.75) is 26.1 Å². The molecule has 0 spiro atoms. The van der Waals surface area contributed by atoms with Crippen LogP contribution in [0.1, 0.15) is 19.8 Å². The Morgan fingerprint density at radius 1 is 1.50 bits per heavy atom. The molecule has 0 aliphatic heterocycles. The van der Waals surface area contributed by atoms with E-state index in [9.17, 15) is 26.7 Å². The number of carbonyl (C=O) groups is 1. The standard InChI is InChI=1S/C6H10F3NO4S.Li/c1-2-3-4-14-5(11)10(15(12)13)6(7,8)9;/h2-4H2,1H3,(H,12,13);/q;+1/p-1. The molecule has 0 aromatic carbocycles. The largest absolute Gasteiger partial charge is 1.00 e. The summed E-state index contributed by atoms with van der Waals surface area (Å²) in [6, 6.07) is 0. The van der Waals surface area contributed by atoms with E-state index in [1.54, 1.807) is 6.92 Å². The summed E-state index contributed by atoms with van der Waals surface area (Å²) < 4.78 is 58.9. The smallest absolute Gasteiger partial charge is 0.755 e. The van der Waals surface area contributed by atoms with Gasteiger partial charge >= 0.3 is 31.3 Å². The Labute approximate surface area is 105 Å². The third-order valence-electron chi connectivity index (χ3n) is 1.27. The van der Waals surface area contributed by atoms with Gasteiger partial charge < -0.3 is 9.29 Å². The minimum atomic E-state index is -5.30. The van der Waals surface area contributed by atoms with Crippen molar-refractivity contribution in [3.8, 4) is 0 Å². The fourth-order valence-corrected chi connectivity index (χ4v) is 0.955. The van der Waals surface area contributed by atoms with E-state index in [2.05, 4.69) is 4.74 Å². The molecule has 0 aromatic rings. The Morgan fingerprint density at radius 3 is 2.31 bits per heavy atom. The second kappa shape index (κ2) is 7.95. The molecule has 0 aliphatic rings. The molecule has 0 saturated heterocycles. The van der Waals surface area contributed by atoms with Crippen LogP contribution < -0.4 is 18.9 Å². The number of hydrogen-bond donors (Lipinski definition) is 0. The number of alkyl halides is 3. The SMILES string of the molecule is CCCCOC(=O)N(S(=O)[O-])C(F)(F)F.[Li+]. The van der Waals surface area contributed by atoms with Crippen molar-refractivity contribution >= 4 is 17.4 Å². The Hall–Kier alpha value is -0.233. The molecule has 1 unspecified atom stereocenters. The summed E-state index contributed by atoms with van der Waals surface area (Å²) in [7, 11) is 0. The molecule has 0 saturated carbocycles. The van der Waals surface area contributed by atoms with Crippen molar-refractivity contribution in [2.24, 2.45) is 0 Å². The Bertz CT molecular complexity index is 250. The summed E-state index contributed by atoms with van der Waals surface area (Å²) in [5, 5.41) is 0. The molecule has 0 rings (SSSR count). The van der Waals surface area contributed by atoms with Gasteiger partial charge in [0.25, 0.3) is 0 Å². The molecule has 0 fully saturated rings. The number of amides is 1. The molecule has 0 aromatic heterocycles. The molecule has 10 heteroatoms. The van der Waals surface area contributed by atoms with E-state index in [1.807, 2.05) is 0 Å². The molecule has 5 nitrogen and oxygen atoms in total.